The summed E-state index contributed by atoms with van der Waals surface area (Å²) in [6, 6.07) is 6.79. The van der Waals surface area contributed by atoms with Crippen molar-refractivity contribution in [2.24, 2.45) is 0 Å². The fourth-order valence-electron chi connectivity index (χ4n) is 3.41. The Bertz CT molecular complexity index is 1290. The van der Waals surface area contributed by atoms with Gasteiger partial charge in [0.2, 0.25) is 5.91 Å². The number of hydrogen-bond acceptors (Lipinski definition) is 5. The molecule has 7 nitrogen and oxygen atoms in total. The number of alkyl halides is 3. The van der Waals surface area contributed by atoms with Gasteiger partial charge in [0.15, 0.2) is 0 Å². The highest BCUT2D eigenvalue weighted by molar-refractivity contribution is 7.92. The lowest BCUT2D eigenvalue weighted by Crippen LogP contribution is -2.25. The Morgan fingerprint density at radius 1 is 1.18 bits per heavy atom. The van der Waals surface area contributed by atoms with Crippen molar-refractivity contribution in [3.8, 4) is 11.8 Å². The van der Waals surface area contributed by atoms with Gasteiger partial charge in [0, 0.05) is 31.1 Å². The van der Waals surface area contributed by atoms with Crippen molar-refractivity contribution < 1.29 is 35.9 Å². The van der Waals surface area contributed by atoms with Crippen LogP contribution in [0.4, 0.5) is 24.5 Å². The Labute approximate surface area is 194 Å². The monoisotopic (exact) mass is 494 g/mol. The van der Waals surface area contributed by atoms with Gasteiger partial charge in [-0.15, -0.1) is 0 Å². The van der Waals surface area contributed by atoms with Crippen molar-refractivity contribution in [1.29, 1.82) is 0 Å². The first-order chi connectivity index (χ1) is 15.9. The van der Waals surface area contributed by atoms with Gasteiger partial charge < -0.3 is 9.64 Å². The summed E-state index contributed by atoms with van der Waals surface area (Å²) in [6.45, 7) is 1.85. The van der Waals surface area contributed by atoms with Gasteiger partial charge >= 0.3 is 12.1 Å². The molecule has 11 heteroatoms. The van der Waals surface area contributed by atoms with Crippen LogP contribution in [0.25, 0.3) is 0 Å². The van der Waals surface area contributed by atoms with Gasteiger partial charge in [0.05, 0.1) is 29.7 Å². The molecule has 1 aliphatic rings. The molecular formula is C23H21F3N2O5S. The molecule has 2 aromatic carbocycles. The zero-order chi connectivity index (χ0) is 25.1. The van der Waals surface area contributed by atoms with Crippen molar-refractivity contribution in [3.05, 3.63) is 53.1 Å². The van der Waals surface area contributed by atoms with Gasteiger partial charge in [-0.3, -0.25) is 14.3 Å². The summed E-state index contributed by atoms with van der Waals surface area (Å²) in [5, 5.41) is 0. The summed E-state index contributed by atoms with van der Waals surface area (Å²) in [5.41, 5.74) is -0.0161. The number of carbonyl (C=O) groups is 2. The average Bonchev–Trinajstić information content (AvgIpc) is 3.20. The summed E-state index contributed by atoms with van der Waals surface area (Å²) in [6.07, 6.45) is -4.21. The molecule has 0 fully saturated rings. The fraction of sp³-hybridized carbons (Fsp3) is 0.304. The maximum atomic E-state index is 13.2. The first-order valence-electron chi connectivity index (χ1n) is 10.1. The van der Waals surface area contributed by atoms with E-state index in [-0.39, 0.29) is 34.9 Å². The topological polar surface area (TPSA) is 92.8 Å². The number of ether oxygens (including phenoxy) is 1. The lowest BCUT2D eigenvalue weighted by atomic mass is 10.1. The van der Waals surface area contributed by atoms with Gasteiger partial charge in [-0.25, -0.2) is 8.42 Å². The van der Waals surface area contributed by atoms with E-state index >= 15 is 0 Å². The highest BCUT2D eigenvalue weighted by atomic mass is 32.2. The van der Waals surface area contributed by atoms with E-state index in [0.717, 1.165) is 18.2 Å². The van der Waals surface area contributed by atoms with Crippen LogP contribution in [-0.2, 0) is 36.9 Å². The maximum Gasteiger partial charge on any atom is 0.416 e. The van der Waals surface area contributed by atoms with Crippen molar-refractivity contribution in [2.75, 3.05) is 23.3 Å². The second-order valence-corrected chi connectivity index (χ2v) is 9.14. The number of nitrogens with zero attached hydrogens (tertiary/aromatic N) is 1. The normalized spacial score (nSPS) is 13.0. The van der Waals surface area contributed by atoms with E-state index in [4.69, 9.17) is 0 Å². The van der Waals surface area contributed by atoms with Gasteiger partial charge in [-0.1, -0.05) is 11.8 Å². The number of halogens is 3. The third-order valence-electron chi connectivity index (χ3n) is 5.13. The first-order valence-corrected chi connectivity index (χ1v) is 11.6. The van der Waals surface area contributed by atoms with Gasteiger partial charge in [0.25, 0.3) is 10.0 Å². The molecule has 2 aromatic rings. The minimum atomic E-state index is -4.65. The summed E-state index contributed by atoms with van der Waals surface area (Å²) >= 11 is 0. The highest BCUT2D eigenvalue weighted by Crippen LogP contribution is 2.33. The SMILES string of the molecule is COC(=O)CCC#Cc1cc(C(F)(F)F)ccc1NS(=O)(=O)c1ccc2c(c1)CCN2C(C)=O. The summed E-state index contributed by atoms with van der Waals surface area (Å²) < 4.78 is 72.3. The van der Waals surface area contributed by atoms with E-state index in [0.29, 0.717) is 24.2 Å². The van der Waals surface area contributed by atoms with Crippen molar-refractivity contribution in [1.82, 2.24) is 0 Å². The zero-order valence-electron chi connectivity index (χ0n) is 18.3. The molecule has 1 aliphatic heterocycles. The van der Waals surface area contributed by atoms with Crippen LogP contribution in [0, 0.1) is 11.8 Å². The standard InChI is InChI=1S/C23H21F3N2O5S/c1-15(29)28-12-11-17-14-19(8-10-21(17)28)34(31,32)27-20-9-7-18(23(24,25)26)13-16(20)5-3-4-6-22(30)33-2/h7-10,13-14,27H,4,6,11-12H2,1-2H3. The van der Waals surface area contributed by atoms with Crippen LogP contribution < -0.4 is 9.62 Å². The number of sulfonamides is 1. The molecule has 0 bridgehead atoms. The third kappa shape index (κ3) is 5.69. The second kappa shape index (κ2) is 9.77. The summed E-state index contributed by atoms with van der Waals surface area (Å²) in [7, 11) is -2.97. The van der Waals surface area contributed by atoms with Crippen LogP contribution >= 0.6 is 0 Å². The minimum absolute atomic E-state index is 0.0204. The molecule has 34 heavy (non-hydrogen) atoms. The van der Waals surface area contributed by atoms with Crippen LogP contribution in [-0.4, -0.2) is 33.9 Å². The average molecular weight is 494 g/mol. The molecule has 0 saturated carbocycles. The fourth-order valence-corrected chi connectivity index (χ4v) is 4.54. The largest absolute Gasteiger partial charge is 0.469 e. The number of methoxy groups -OCH3 is 1. The molecule has 1 amide bonds. The number of carbonyl (C=O) groups excluding carboxylic acids is 2. The molecule has 0 radical (unpaired) electrons. The number of benzene rings is 2. The van der Waals surface area contributed by atoms with Gasteiger partial charge in [-0.2, -0.15) is 13.2 Å². The van der Waals surface area contributed by atoms with E-state index in [2.05, 4.69) is 21.3 Å². The number of anilines is 2. The van der Waals surface area contributed by atoms with E-state index in [9.17, 15) is 31.2 Å². The molecule has 1 heterocycles. The number of fused-ring (bicyclic) bond motifs is 1. The molecule has 0 aromatic heterocycles. The van der Waals surface area contributed by atoms with Crippen LogP contribution in [0.15, 0.2) is 41.3 Å². The number of amides is 1. The van der Waals surface area contributed by atoms with E-state index in [1.807, 2.05) is 0 Å². The molecule has 3 rings (SSSR count). The minimum Gasteiger partial charge on any atom is -0.469 e. The summed E-state index contributed by atoms with van der Waals surface area (Å²) in [4.78, 5) is 24.4. The van der Waals surface area contributed by atoms with E-state index in [1.54, 1.807) is 0 Å². The van der Waals surface area contributed by atoms with Gasteiger partial charge in [0.1, 0.15) is 0 Å². The predicted molar refractivity (Wildman–Crippen MR) is 119 cm³/mol. The van der Waals surface area contributed by atoms with Crippen LogP contribution in [0.1, 0.15) is 36.5 Å². The number of nitrogens with one attached hydrogen (secondary N) is 1. The molecule has 0 aliphatic carbocycles. The number of hydrogen-bond donors (Lipinski definition) is 1. The van der Waals surface area contributed by atoms with Crippen LogP contribution in [0.3, 0.4) is 0 Å². The van der Waals surface area contributed by atoms with Crippen molar-refractivity contribution in [2.45, 2.75) is 37.3 Å². The Hall–Kier alpha value is -3.52. The lowest BCUT2D eigenvalue weighted by molar-refractivity contribution is -0.140. The predicted octanol–water partition coefficient (Wildman–Crippen LogP) is 3.72. The van der Waals surface area contributed by atoms with Gasteiger partial charge in [-0.05, 0) is 48.4 Å². The van der Waals surface area contributed by atoms with E-state index < -0.39 is 27.7 Å². The van der Waals surface area contributed by atoms with Crippen molar-refractivity contribution >= 4 is 33.3 Å². The Balaban J connectivity index is 1.92. The Morgan fingerprint density at radius 2 is 1.91 bits per heavy atom. The first kappa shape index (κ1) is 25.1. The molecule has 0 spiro atoms. The van der Waals surface area contributed by atoms with Crippen molar-refractivity contribution in [3.63, 3.8) is 0 Å². The molecule has 180 valence electrons. The number of rotatable bonds is 5. The molecule has 0 saturated heterocycles. The maximum absolute atomic E-state index is 13.2. The highest BCUT2D eigenvalue weighted by Gasteiger charge is 2.31. The van der Waals surface area contributed by atoms with E-state index in [1.165, 1.54) is 37.1 Å². The summed E-state index contributed by atoms with van der Waals surface area (Å²) in [5.74, 6) is 4.39. The molecule has 0 unspecified atom stereocenters. The Kier molecular flexibility index (Phi) is 7.21. The quantitative estimate of drug-likeness (QED) is 0.505. The molecule has 0 atom stereocenters. The van der Waals surface area contributed by atoms with Crippen LogP contribution in [0.2, 0.25) is 0 Å². The molecule has 1 N–H and O–H groups in total. The number of esters is 1. The molecular weight excluding hydrogens is 473 g/mol. The third-order valence-corrected chi connectivity index (χ3v) is 6.50. The second-order valence-electron chi connectivity index (χ2n) is 7.45. The smallest absolute Gasteiger partial charge is 0.416 e. The Morgan fingerprint density at radius 3 is 2.56 bits per heavy atom. The zero-order valence-corrected chi connectivity index (χ0v) is 19.1. The van der Waals surface area contributed by atoms with Crippen LogP contribution in [0.5, 0.6) is 0 Å². The lowest BCUT2D eigenvalue weighted by Gasteiger charge is -2.16.